The molecule has 0 amide bonds. The molecule has 1 aliphatic rings. The highest BCUT2D eigenvalue weighted by molar-refractivity contribution is 5.76. The molecule has 0 aliphatic heterocycles. The van der Waals surface area contributed by atoms with Crippen molar-refractivity contribution < 1.29 is 5.11 Å². The van der Waals surface area contributed by atoms with Crippen LogP contribution in [0.1, 0.15) is 43.7 Å². The summed E-state index contributed by atoms with van der Waals surface area (Å²) >= 11 is 0. The van der Waals surface area contributed by atoms with Crippen LogP contribution in [0.4, 0.5) is 0 Å². The summed E-state index contributed by atoms with van der Waals surface area (Å²) in [4.78, 5) is 2.13. The third-order valence-electron chi connectivity index (χ3n) is 4.46. The van der Waals surface area contributed by atoms with E-state index in [-0.39, 0.29) is 0 Å². The lowest BCUT2D eigenvalue weighted by molar-refractivity contribution is 0.356. The first-order valence-corrected chi connectivity index (χ1v) is 8.95. The van der Waals surface area contributed by atoms with E-state index in [1.807, 2.05) is 18.2 Å². The van der Waals surface area contributed by atoms with Gasteiger partial charge in [0.05, 0.1) is 5.76 Å². The Labute approximate surface area is 152 Å². The van der Waals surface area contributed by atoms with Gasteiger partial charge < -0.3 is 10.0 Å². The monoisotopic (exact) mass is 335 g/mol. The number of nitrogens with zero attached hydrogens (tertiary/aromatic N) is 1. The minimum absolute atomic E-state index is 0.399. The number of benzene rings is 1. The third-order valence-corrected chi connectivity index (χ3v) is 4.46. The van der Waals surface area contributed by atoms with Crippen LogP contribution in [-0.2, 0) is 6.54 Å². The zero-order valence-electron chi connectivity index (χ0n) is 15.6. The number of hydrogen-bond acceptors (Lipinski definition) is 2. The Hall–Kier alpha value is -2.24. The number of aliphatic hydroxyl groups is 1. The van der Waals surface area contributed by atoms with Gasteiger partial charge in [-0.2, -0.15) is 0 Å². The number of terminal acetylenes is 1. The zero-order valence-corrected chi connectivity index (χ0v) is 15.6. The van der Waals surface area contributed by atoms with Gasteiger partial charge in [-0.25, -0.2) is 0 Å². The zero-order chi connectivity index (χ0) is 18.2. The maximum atomic E-state index is 10.5. The molecule has 2 heteroatoms. The molecule has 132 valence electrons. The van der Waals surface area contributed by atoms with Crippen LogP contribution >= 0.6 is 0 Å². The average molecular weight is 335 g/mol. The molecule has 0 saturated carbocycles. The Bertz CT molecular complexity index is 716. The summed E-state index contributed by atoms with van der Waals surface area (Å²) in [5.41, 5.74) is 4.58. The van der Waals surface area contributed by atoms with E-state index in [2.05, 4.69) is 50.0 Å². The Morgan fingerprint density at radius 1 is 1.40 bits per heavy atom. The molecule has 0 fully saturated rings. The molecule has 0 spiro atoms. The lowest BCUT2D eigenvalue weighted by Crippen LogP contribution is -2.10. The van der Waals surface area contributed by atoms with Gasteiger partial charge in [0.1, 0.15) is 0 Å². The predicted octanol–water partition coefficient (Wildman–Crippen LogP) is 5.34. The van der Waals surface area contributed by atoms with Crippen LogP contribution in [0.5, 0.6) is 0 Å². The van der Waals surface area contributed by atoms with Crippen LogP contribution in [0.3, 0.4) is 0 Å². The summed E-state index contributed by atoms with van der Waals surface area (Å²) in [6.07, 6.45) is 15.6. The lowest BCUT2D eigenvalue weighted by atomic mass is 9.88. The molecule has 1 aliphatic carbocycles. The molecule has 1 aromatic carbocycles. The molecule has 0 radical (unpaired) electrons. The molecule has 1 aromatic rings. The fourth-order valence-electron chi connectivity index (χ4n) is 3.39. The lowest BCUT2D eigenvalue weighted by Gasteiger charge is -2.19. The Balaban J connectivity index is 2.19. The number of allylic oxidation sites excluding steroid dienone is 6. The minimum Gasteiger partial charge on any atom is -0.512 e. The Morgan fingerprint density at radius 3 is 2.88 bits per heavy atom. The molecule has 2 rings (SSSR count). The summed E-state index contributed by atoms with van der Waals surface area (Å²) in [6.45, 7) is 3.05. The molecule has 25 heavy (non-hydrogen) atoms. The van der Waals surface area contributed by atoms with Crippen molar-refractivity contribution in [2.75, 3.05) is 14.1 Å². The molecule has 1 N–H and O–H groups in total. The van der Waals surface area contributed by atoms with Gasteiger partial charge in [0.25, 0.3) is 0 Å². The van der Waals surface area contributed by atoms with E-state index < -0.39 is 0 Å². The average Bonchev–Trinajstić information content (AvgIpc) is 2.54. The van der Waals surface area contributed by atoms with Crippen molar-refractivity contribution in [1.82, 2.24) is 4.90 Å². The van der Waals surface area contributed by atoms with Crippen molar-refractivity contribution in [3.8, 4) is 12.3 Å². The van der Waals surface area contributed by atoms with E-state index in [1.54, 1.807) is 6.08 Å². The van der Waals surface area contributed by atoms with Gasteiger partial charge in [-0.3, -0.25) is 0 Å². The smallest absolute Gasteiger partial charge is 0.0934 e. The van der Waals surface area contributed by atoms with E-state index in [0.717, 1.165) is 24.1 Å². The second-order valence-electron chi connectivity index (χ2n) is 7.21. The molecular weight excluding hydrogens is 306 g/mol. The predicted molar refractivity (Wildman–Crippen MR) is 107 cm³/mol. The van der Waals surface area contributed by atoms with Crippen molar-refractivity contribution >= 4 is 5.57 Å². The van der Waals surface area contributed by atoms with Gasteiger partial charge in [0.2, 0.25) is 0 Å². The van der Waals surface area contributed by atoms with Crippen LogP contribution in [0.2, 0.25) is 0 Å². The van der Waals surface area contributed by atoms with Crippen molar-refractivity contribution in [3.63, 3.8) is 0 Å². The summed E-state index contributed by atoms with van der Waals surface area (Å²) < 4.78 is 0. The summed E-state index contributed by atoms with van der Waals surface area (Å²) in [6, 6.07) is 8.32. The summed E-state index contributed by atoms with van der Waals surface area (Å²) in [5.74, 6) is 3.43. The first-order valence-electron chi connectivity index (χ1n) is 8.95. The van der Waals surface area contributed by atoms with Crippen LogP contribution < -0.4 is 0 Å². The Morgan fingerprint density at radius 2 is 2.20 bits per heavy atom. The first kappa shape index (κ1) is 19.1. The third kappa shape index (κ3) is 6.29. The quantitative estimate of drug-likeness (QED) is 0.328. The first-order chi connectivity index (χ1) is 12.0. The van der Waals surface area contributed by atoms with Gasteiger partial charge >= 0.3 is 0 Å². The molecule has 0 bridgehead atoms. The molecule has 0 aromatic heterocycles. The van der Waals surface area contributed by atoms with E-state index in [1.165, 1.54) is 24.0 Å². The normalized spacial score (nSPS) is 18.8. The van der Waals surface area contributed by atoms with Crippen LogP contribution in [-0.4, -0.2) is 24.1 Å². The van der Waals surface area contributed by atoms with Crippen molar-refractivity contribution in [2.45, 2.75) is 39.2 Å². The molecule has 0 saturated heterocycles. The SMILES string of the molecule is C#C/C=C(\C=C(\O)CC1C=C(C)CCC1)c1cccc(CN(C)C)c1. The van der Waals surface area contributed by atoms with Crippen LogP contribution in [0, 0.1) is 18.3 Å². The van der Waals surface area contributed by atoms with E-state index in [4.69, 9.17) is 6.42 Å². The highest BCUT2D eigenvalue weighted by Gasteiger charge is 2.13. The van der Waals surface area contributed by atoms with E-state index >= 15 is 0 Å². The fraction of sp³-hybridized carbons (Fsp3) is 0.391. The van der Waals surface area contributed by atoms with Crippen molar-refractivity contribution in [3.05, 3.63) is 65.0 Å². The molecule has 1 unspecified atom stereocenters. The summed E-state index contributed by atoms with van der Waals surface area (Å²) in [7, 11) is 4.10. The summed E-state index contributed by atoms with van der Waals surface area (Å²) in [5, 5.41) is 10.5. The van der Waals surface area contributed by atoms with Gasteiger partial charge in [-0.1, -0.05) is 35.8 Å². The molecule has 0 heterocycles. The van der Waals surface area contributed by atoms with Crippen molar-refractivity contribution in [2.24, 2.45) is 5.92 Å². The van der Waals surface area contributed by atoms with Gasteiger partial charge in [0.15, 0.2) is 0 Å². The number of hydrogen-bond donors (Lipinski definition) is 1. The molecule has 1 atom stereocenters. The van der Waals surface area contributed by atoms with Crippen LogP contribution in [0.25, 0.3) is 5.57 Å². The standard InChI is InChI=1S/C23H29NO/c1-5-8-21(22-12-7-11-20(14-22)17-24(3)4)16-23(25)15-19-10-6-9-18(2)13-19/h1,7-8,11-14,16,19,25H,6,9-10,15,17H2,2-4H3/b21-8+,23-16+. The van der Waals surface area contributed by atoms with Gasteiger partial charge in [-0.05, 0) is 81.1 Å². The van der Waals surface area contributed by atoms with Crippen LogP contribution in [0.15, 0.2) is 53.8 Å². The van der Waals surface area contributed by atoms with Gasteiger partial charge in [0, 0.05) is 13.0 Å². The number of rotatable bonds is 6. The van der Waals surface area contributed by atoms with E-state index in [9.17, 15) is 5.11 Å². The maximum Gasteiger partial charge on any atom is 0.0934 e. The fourth-order valence-corrected chi connectivity index (χ4v) is 3.39. The molecular formula is C23H29NO. The topological polar surface area (TPSA) is 23.5 Å². The highest BCUT2D eigenvalue weighted by Crippen LogP contribution is 2.28. The minimum atomic E-state index is 0.399. The second kappa shape index (κ2) is 9.30. The maximum absolute atomic E-state index is 10.5. The van der Waals surface area contributed by atoms with E-state index in [0.29, 0.717) is 18.1 Å². The molecule has 2 nitrogen and oxygen atoms in total. The Kier molecular flexibility index (Phi) is 7.10. The van der Waals surface area contributed by atoms with Gasteiger partial charge in [-0.15, -0.1) is 6.42 Å². The van der Waals surface area contributed by atoms with Crippen molar-refractivity contribution in [1.29, 1.82) is 0 Å². The second-order valence-corrected chi connectivity index (χ2v) is 7.21. The number of aliphatic hydroxyl groups excluding tert-OH is 1. The highest BCUT2D eigenvalue weighted by atomic mass is 16.3. The largest absolute Gasteiger partial charge is 0.512 e.